The molecular weight excluding hydrogens is 410 g/mol. The van der Waals surface area contributed by atoms with Crippen LogP contribution < -0.4 is 4.31 Å². The zero-order valence-electron chi connectivity index (χ0n) is 15.8. The molecule has 0 fully saturated rings. The van der Waals surface area contributed by atoms with Crippen LogP contribution in [0.4, 0.5) is 5.69 Å². The predicted octanol–water partition coefficient (Wildman–Crippen LogP) is 4.91. The van der Waals surface area contributed by atoms with Crippen LogP contribution in [-0.2, 0) is 21.4 Å². The SMILES string of the molecule is CCN(c1ccccc1)S(=O)(=O)c1cccc(C(=O)OCc2ccc(Cl)cc2)c1. The number of carbonyl (C=O) groups excluding carboxylic acids is 1. The molecule has 0 aromatic heterocycles. The van der Waals surface area contributed by atoms with Crippen LogP contribution in [0.25, 0.3) is 0 Å². The third kappa shape index (κ3) is 4.96. The molecule has 5 nitrogen and oxygen atoms in total. The number of sulfonamides is 1. The molecular formula is C22H20ClNO4S. The van der Waals surface area contributed by atoms with Gasteiger partial charge in [0.25, 0.3) is 10.0 Å². The van der Waals surface area contributed by atoms with Gasteiger partial charge in [0.1, 0.15) is 6.61 Å². The van der Waals surface area contributed by atoms with Gasteiger partial charge in [-0.05, 0) is 55.0 Å². The molecule has 0 heterocycles. The number of anilines is 1. The van der Waals surface area contributed by atoms with Gasteiger partial charge in [0.15, 0.2) is 0 Å². The standard InChI is InChI=1S/C22H20ClNO4S/c1-2-24(20-8-4-3-5-9-20)29(26,27)21-10-6-7-18(15-21)22(25)28-16-17-11-13-19(23)14-12-17/h3-15H,2,16H2,1H3. The van der Waals surface area contributed by atoms with Crippen molar-refractivity contribution in [2.45, 2.75) is 18.4 Å². The summed E-state index contributed by atoms with van der Waals surface area (Å²) >= 11 is 5.84. The van der Waals surface area contributed by atoms with E-state index in [0.29, 0.717) is 10.7 Å². The van der Waals surface area contributed by atoms with E-state index < -0.39 is 16.0 Å². The zero-order valence-corrected chi connectivity index (χ0v) is 17.4. The summed E-state index contributed by atoms with van der Waals surface area (Å²) in [5, 5.41) is 0.594. The molecule has 0 aliphatic carbocycles. The molecule has 3 aromatic carbocycles. The van der Waals surface area contributed by atoms with E-state index >= 15 is 0 Å². The fourth-order valence-corrected chi connectivity index (χ4v) is 4.46. The van der Waals surface area contributed by atoms with Gasteiger partial charge >= 0.3 is 5.97 Å². The normalized spacial score (nSPS) is 11.1. The van der Waals surface area contributed by atoms with Crippen LogP contribution in [0.2, 0.25) is 5.02 Å². The average Bonchev–Trinajstić information content (AvgIpc) is 2.74. The maximum Gasteiger partial charge on any atom is 0.338 e. The molecule has 150 valence electrons. The molecule has 0 saturated carbocycles. The lowest BCUT2D eigenvalue weighted by molar-refractivity contribution is 0.0472. The molecule has 0 radical (unpaired) electrons. The number of halogens is 1. The Kier molecular flexibility index (Phi) is 6.56. The number of benzene rings is 3. The fraction of sp³-hybridized carbons (Fsp3) is 0.136. The first kappa shape index (κ1) is 20.9. The van der Waals surface area contributed by atoms with E-state index in [2.05, 4.69) is 0 Å². The maximum absolute atomic E-state index is 13.1. The van der Waals surface area contributed by atoms with Crippen molar-refractivity contribution in [3.8, 4) is 0 Å². The minimum absolute atomic E-state index is 0.0316. The van der Waals surface area contributed by atoms with Crippen LogP contribution in [0.15, 0.2) is 83.8 Å². The highest BCUT2D eigenvalue weighted by Gasteiger charge is 2.24. The largest absolute Gasteiger partial charge is 0.457 e. The number of nitrogens with zero attached hydrogens (tertiary/aromatic N) is 1. The highest BCUT2D eigenvalue weighted by molar-refractivity contribution is 7.92. The van der Waals surface area contributed by atoms with Crippen molar-refractivity contribution in [2.75, 3.05) is 10.8 Å². The summed E-state index contributed by atoms with van der Waals surface area (Å²) < 4.78 is 32.8. The molecule has 7 heteroatoms. The van der Waals surface area contributed by atoms with Crippen LogP contribution in [0.1, 0.15) is 22.8 Å². The number of ether oxygens (including phenoxy) is 1. The summed E-state index contributed by atoms with van der Waals surface area (Å²) in [4.78, 5) is 12.4. The summed E-state index contributed by atoms with van der Waals surface area (Å²) in [6.45, 7) is 2.09. The molecule has 3 aromatic rings. The summed E-state index contributed by atoms with van der Waals surface area (Å²) in [6.07, 6.45) is 0. The quantitative estimate of drug-likeness (QED) is 0.500. The maximum atomic E-state index is 13.1. The highest BCUT2D eigenvalue weighted by atomic mass is 35.5. The number of hydrogen-bond acceptors (Lipinski definition) is 4. The van der Waals surface area contributed by atoms with Gasteiger partial charge in [0.05, 0.1) is 16.1 Å². The predicted molar refractivity (Wildman–Crippen MR) is 114 cm³/mol. The van der Waals surface area contributed by atoms with Gasteiger partial charge in [-0.25, -0.2) is 13.2 Å². The van der Waals surface area contributed by atoms with Gasteiger partial charge in [-0.1, -0.05) is 48.0 Å². The van der Waals surface area contributed by atoms with Crippen LogP contribution in [0, 0.1) is 0 Å². The number of hydrogen-bond donors (Lipinski definition) is 0. The third-order valence-corrected chi connectivity index (χ3v) is 6.42. The molecule has 0 N–H and O–H groups in total. The van der Waals surface area contributed by atoms with E-state index in [1.807, 2.05) is 6.07 Å². The molecule has 0 amide bonds. The summed E-state index contributed by atoms with van der Waals surface area (Å²) in [7, 11) is -3.82. The number of para-hydroxylation sites is 1. The number of carbonyl (C=O) groups is 1. The van der Waals surface area contributed by atoms with Gasteiger partial charge in [0, 0.05) is 11.6 Å². The Morgan fingerprint density at radius 3 is 2.31 bits per heavy atom. The van der Waals surface area contributed by atoms with Crippen LogP contribution in [-0.4, -0.2) is 20.9 Å². The van der Waals surface area contributed by atoms with Crippen molar-refractivity contribution in [1.82, 2.24) is 0 Å². The second-order valence-corrected chi connectivity index (χ2v) is 8.53. The molecule has 3 rings (SSSR count). The Balaban J connectivity index is 1.80. The molecule has 0 saturated heterocycles. The first-order chi connectivity index (χ1) is 13.9. The Labute approximate surface area is 175 Å². The second-order valence-electron chi connectivity index (χ2n) is 6.24. The number of rotatable bonds is 7. The van der Waals surface area contributed by atoms with E-state index in [-0.39, 0.29) is 23.6 Å². The molecule has 0 bridgehead atoms. The van der Waals surface area contributed by atoms with E-state index in [9.17, 15) is 13.2 Å². The van der Waals surface area contributed by atoms with Crippen molar-refractivity contribution in [3.05, 3.63) is 95.0 Å². The minimum Gasteiger partial charge on any atom is -0.457 e. The van der Waals surface area contributed by atoms with Crippen molar-refractivity contribution >= 4 is 33.3 Å². The van der Waals surface area contributed by atoms with Crippen LogP contribution in [0.3, 0.4) is 0 Å². The fourth-order valence-electron chi connectivity index (χ4n) is 2.81. The monoisotopic (exact) mass is 429 g/mol. The first-order valence-electron chi connectivity index (χ1n) is 9.01. The molecule has 0 spiro atoms. The Bertz CT molecular complexity index is 1080. The van der Waals surface area contributed by atoms with Gasteiger partial charge in [-0.2, -0.15) is 0 Å². The smallest absolute Gasteiger partial charge is 0.338 e. The molecule has 0 aliphatic heterocycles. The minimum atomic E-state index is -3.82. The van der Waals surface area contributed by atoms with Crippen molar-refractivity contribution in [1.29, 1.82) is 0 Å². The van der Waals surface area contributed by atoms with E-state index in [4.69, 9.17) is 16.3 Å². The molecule has 0 atom stereocenters. The highest BCUT2D eigenvalue weighted by Crippen LogP contribution is 2.24. The van der Waals surface area contributed by atoms with Gasteiger partial charge < -0.3 is 4.74 Å². The van der Waals surface area contributed by atoms with E-state index in [1.54, 1.807) is 55.5 Å². The van der Waals surface area contributed by atoms with Crippen molar-refractivity contribution in [3.63, 3.8) is 0 Å². The first-order valence-corrected chi connectivity index (χ1v) is 10.8. The topological polar surface area (TPSA) is 63.7 Å². The molecule has 29 heavy (non-hydrogen) atoms. The van der Waals surface area contributed by atoms with Crippen molar-refractivity contribution < 1.29 is 17.9 Å². The van der Waals surface area contributed by atoms with Crippen molar-refractivity contribution in [2.24, 2.45) is 0 Å². The molecule has 0 unspecified atom stereocenters. The summed E-state index contributed by atoms with van der Waals surface area (Å²) in [5.74, 6) is -0.597. The molecule has 0 aliphatic rings. The van der Waals surface area contributed by atoms with Gasteiger partial charge in [-0.15, -0.1) is 0 Å². The average molecular weight is 430 g/mol. The van der Waals surface area contributed by atoms with Crippen LogP contribution in [0.5, 0.6) is 0 Å². The summed E-state index contributed by atoms with van der Waals surface area (Å²) in [6, 6.07) is 21.6. The van der Waals surface area contributed by atoms with E-state index in [1.165, 1.54) is 28.6 Å². The lowest BCUT2D eigenvalue weighted by Gasteiger charge is -2.23. The Morgan fingerprint density at radius 1 is 0.966 bits per heavy atom. The van der Waals surface area contributed by atoms with Crippen LogP contribution >= 0.6 is 11.6 Å². The lowest BCUT2D eigenvalue weighted by atomic mass is 10.2. The number of esters is 1. The lowest BCUT2D eigenvalue weighted by Crippen LogP contribution is -2.30. The second kappa shape index (κ2) is 9.11. The Hall–Kier alpha value is -2.83. The van der Waals surface area contributed by atoms with Gasteiger partial charge in [-0.3, -0.25) is 4.31 Å². The third-order valence-electron chi connectivity index (χ3n) is 4.27. The zero-order chi connectivity index (χ0) is 20.9. The van der Waals surface area contributed by atoms with E-state index in [0.717, 1.165) is 5.56 Å². The van der Waals surface area contributed by atoms with Gasteiger partial charge in [0.2, 0.25) is 0 Å². The Morgan fingerprint density at radius 2 is 1.66 bits per heavy atom. The summed E-state index contributed by atoms with van der Waals surface area (Å²) in [5.41, 5.74) is 1.52.